The Hall–Kier alpha value is -2.99. The lowest BCUT2D eigenvalue weighted by molar-refractivity contribution is -0.119. The molecular formula is C22H21ClN4O2. The van der Waals surface area contributed by atoms with E-state index < -0.39 is 6.04 Å². The SMILES string of the molecule is CCC(=O)C[C@@H]1N=C(c2ccc(Cl)cc2)c2cc(OC)ccc2-n2c(C)nnc21. The lowest BCUT2D eigenvalue weighted by atomic mass is 10.00. The summed E-state index contributed by atoms with van der Waals surface area (Å²) < 4.78 is 7.44. The summed E-state index contributed by atoms with van der Waals surface area (Å²) >= 11 is 6.10. The third-order valence-electron chi connectivity index (χ3n) is 5.07. The van der Waals surface area contributed by atoms with Crippen molar-refractivity contribution in [3.05, 3.63) is 70.3 Å². The van der Waals surface area contributed by atoms with Gasteiger partial charge in [-0.15, -0.1) is 10.2 Å². The van der Waals surface area contributed by atoms with Crippen molar-refractivity contribution in [2.24, 2.45) is 4.99 Å². The number of aromatic nitrogens is 3. The minimum absolute atomic E-state index is 0.130. The first-order chi connectivity index (χ1) is 14.0. The van der Waals surface area contributed by atoms with E-state index in [0.717, 1.165) is 34.1 Å². The summed E-state index contributed by atoms with van der Waals surface area (Å²) in [7, 11) is 1.63. The minimum atomic E-state index is -0.423. The Kier molecular flexibility index (Phi) is 5.20. The molecule has 2 aromatic carbocycles. The van der Waals surface area contributed by atoms with Gasteiger partial charge in [0, 0.05) is 29.0 Å². The first-order valence-corrected chi connectivity index (χ1v) is 9.85. The highest BCUT2D eigenvalue weighted by atomic mass is 35.5. The van der Waals surface area contributed by atoms with Crippen LogP contribution in [0.1, 0.15) is 48.6 Å². The molecule has 0 aliphatic carbocycles. The second-order valence-electron chi connectivity index (χ2n) is 6.92. The van der Waals surface area contributed by atoms with Crippen molar-refractivity contribution >= 4 is 23.1 Å². The monoisotopic (exact) mass is 408 g/mol. The van der Waals surface area contributed by atoms with Crippen LogP contribution in [0.25, 0.3) is 5.69 Å². The van der Waals surface area contributed by atoms with Gasteiger partial charge < -0.3 is 4.74 Å². The maximum atomic E-state index is 12.3. The molecule has 4 rings (SSSR count). The number of nitrogens with zero attached hydrogens (tertiary/aromatic N) is 4. The topological polar surface area (TPSA) is 69.4 Å². The molecule has 0 saturated carbocycles. The zero-order valence-electron chi connectivity index (χ0n) is 16.5. The number of hydrogen-bond donors (Lipinski definition) is 0. The number of Topliss-reactive ketones (excluding diaryl/α,β-unsaturated/α-hetero) is 1. The lowest BCUT2D eigenvalue weighted by Crippen LogP contribution is -2.10. The van der Waals surface area contributed by atoms with E-state index >= 15 is 0 Å². The van der Waals surface area contributed by atoms with Crippen molar-refractivity contribution in [3.63, 3.8) is 0 Å². The molecule has 0 amide bonds. The lowest BCUT2D eigenvalue weighted by Gasteiger charge is -2.14. The van der Waals surface area contributed by atoms with Gasteiger partial charge in [-0.05, 0) is 37.3 Å². The van der Waals surface area contributed by atoms with Gasteiger partial charge in [0.25, 0.3) is 0 Å². The van der Waals surface area contributed by atoms with Crippen LogP contribution < -0.4 is 4.74 Å². The average molecular weight is 409 g/mol. The molecule has 1 aliphatic heterocycles. The van der Waals surface area contributed by atoms with E-state index in [4.69, 9.17) is 21.3 Å². The highest BCUT2D eigenvalue weighted by Gasteiger charge is 2.29. The zero-order chi connectivity index (χ0) is 20.5. The third-order valence-corrected chi connectivity index (χ3v) is 5.32. The number of methoxy groups -OCH3 is 1. The fourth-order valence-corrected chi connectivity index (χ4v) is 3.66. The summed E-state index contributed by atoms with van der Waals surface area (Å²) in [4.78, 5) is 17.3. The molecule has 29 heavy (non-hydrogen) atoms. The van der Waals surface area contributed by atoms with Gasteiger partial charge in [0.1, 0.15) is 23.4 Å². The van der Waals surface area contributed by atoms with E-state index in [1.807, 2.05) is 60.9 Å². The average Bonchev–Trinajstić information content (AvgIpc) is 3.06. The second-order valence-corrected chi connectivity index (χ2v) is 7.36. The molecule has 0 N–H and O–H groups in total. The summed E-state index contributed by atoms with van der Waals surface area (Å²) in [6.07, 6.45) is 0.729. The van der Waals surface area contributed by atoms with Crippen LogP contribution in [0, 0.1) is 6.92 Å². The minimum Gasteiger partial charge on any atom is -0.497 e. The van der Waals surface area contributed by atoms with Crippen molar-refractivity contribution < 1.29 is 9.53 Å². The van der Waals surface area contributed by atoms with Gasteiger partial charge in [0.05, 0.1) is 18.5 Å². The highest BCUT2D eigenvalue weighted by Crippen LogP contribution is 2.34. The number of hydrogen-bond acceptors (Lipinski definition) is 5. The van der Waals surface area contributed by atoms with Crippen LogP contribution in [0.2, 0.25) is 5.02 Å². The van der Waals surface area contributed by atoms with E-state index in [1.54, 1.807) is 7.11 Å². The number of carbonyl (C=O) groups is 1. The van der Waals surface area contributed by atoms with Gasteiger partial charge in [-0.25, -0.2) is 0 Å². The standard InChI is InChI=1S/C22H21ClN4O2/c1-4-16(28)11-19-22-26-25-13(2)27(22)20-10-9-17(29-3)12-18(20)21(24-19)14-5-7-15(23)8-6-14/h5-10,12,19H,4,11H2,1-3H3/t19-/m0/s1. The van der Waals surface area contributed by atoms with Gasteiger partial charge in [-0.2, -0.15) is 0 Å². The van der Waals surface area contributed by atoms with Crippen LogP contribution in [0.15, 0.2) is 47.5 Å². The maximum Gasteiger partial charge on any atom is 0.162 e. The molecule has 148 valence electrons. The summed E-state index contributed by atoms with van der Waals surface area (Å²) in [6, 6.07) is 12.9. The normalized spacial score (nSPS) is 15.2. The molecule has 2 heterocycles. The first-order valence-electron chi connectivity index (χ1n) is 9.48. The molecule has 0 radical (unpaired) electrons. The van der Waals surface area contributed by atoms with E-state index in [2.05, 4.69) is 10.2 Å². The van der Waals surface area contributed by atoms with E-state index in [0.29, 0.717) is 17.3 Å². The Labute approximate surface area is 174 Å². The second kappa shape index (κ2) is 7.79. The maximum absolute atomic E-state index is 12.3. The molecule has 6 nitrogen and oxygen atoms in total. The van der Waals surface area contributed by atoms with Gasteiger partial charge >= 0.3 is 0 Å². The number of aryl methyl sites for hydroxylation is 1. The highest BCUT2D eigenvalue weighted by molar-refractivity contribution is 6.30. The van der Waals surface area contributed by atoms with E-state index in [9.17, 15) is 4.79 Å². The van der Waals surface area contributed by atoms with Crippen LogP contribution in [-0.2, 0) is 4.79 Å². The van der Waals surface area contributed by atoms with Crippen LogP contribution >= 0.6 is 11.6 Å². The zero-order valence-corrected chi connectivity index (χ0v) is 17.3. The van der Waals surface area contributed by atoms with Crippen LogP contribution in [-0.4, -0.2) is 33.4 Å². The molecule has 1 aliphatic rings. The number of ketones is 1. The number of benzene rings is 2. The fraction of sp³-hybridized carbons (Fsp3) is 0.273. The molecule has 0 spiro atoms. The van der Waals surface area contributed by atoms with Gasteiger partial charge in [-0.1, -0.05) is 30.7 Å². The van der Waals surface area contributed by atoms with Crippen molar-refractivity contribution in [3.8, 4) is 11.4 Å². The molecule has 7 heteroatoms. The number of carbonyl (C=O) groups excluding carboxylic acids is 1. The quantitative estimate of drug-likeness (QED) is 0.623. The molecule has 0 bridgehead atoms. The predicted molar refractivity (Wildman–Crippen MR) is 112 cm³/mol. The Morgan fingerprint density at radius 2 is 1.93 bits per heavy atom. The van der Waals surface area contributed by atoms with Crippen molar-refractivity contribution in [1.82, 2.24) is 14.8 Å². The van der Waals surface area contributed by atoms with Crippen molar-refractivity contribution in [1.29, 1.82) is 0 Å². The van der Waals surface area contributed by atoms with Gasteiger partial charge in [0.2, 0.25) is 0 Å². The number of halogens is 1. The van der Waals surface area contributed by atoms with Gasteiger partial charge in [-0.3, -0.25) is 14.4 Å². The van der Waals surface area contributed by atoms with E-state index in [1.165, 1.54) is 0 Å². The van der Waals surface area contributed by atoms with Crippen molar-refractivity contribution in [2.45, 2.75) is 32.7 Å². The summed E-state index contributed by atoms with van der Waals surface area (Å²) in [6.45, 7) is 3.76. The fourth-order valence-electron chi connectivity index (χ4n) is 3.54. The number of fused-ring (bicyclic) bond motifs is 3. The Bertz CT molecular complexity index is 1100. The molecular weight excluding hydrogens is 388 g/mol. The molecule has 1 atom stereocenters. The summed E-state index contributed by atoms with van der Waals surface area (Å²) in [5, 5.41) is 9.28. The molecule has 0 fully saturated rings. The molecule has 3 aromatic rings. The van der Waals surface area contributed by atoms with Crippen LogP contribution in [0.5, 0.6) is 5.75 Å². The predicted octanol–water partition coefficient (Wildman–Crippen LogP) is 4.50. The summed E-state index contributed by atoms with van der Waals surface area (Å²) in [5.41, 5.74) is 3.48. The van der Waals surface area contributed by atoms with Gasteiger partial charge in [0.15, 0.2) is 5.82 Å². The van der Waals surface area contributed by atoms with E-state index in [-0.39, 0.29) is 12.2 Å². The molecule has 1 aromatic heterocycles. The Morgan fingerprint density at radius 3 is 2.62 bits per heavy atom. The number of rotatable bonds is 5. The Morgan fingerprint density at radius 1 is 1.17 bits per heavy atom. The Balaban J connectivity index is 1.99. The smallest absolute Gasteiger partial charge is 0.162 e. The number of ether oxygens (including phenoxy) is 1. The van der Waals surface area contributed by atoms with Crippen LogP contribution in [0.4, 0.5) is 0 Å². The van der Waals surface area contributed by atoms with Crippen molar-refractivity contribution in [2.75, 3.05) is 7.11 Å². The third kappa shape index (κ3) is 3.56. The molecule has 0 unspecified atom stereocenters. The summed E-state index contributed by atoms with van der Waals surface area (Å²) in [5.74, 6) is 2.26. The van der Waals surface area contributed by atoms with Crippen LogP contribution in [0.3, 0.4) is 0 Å². The largest absolute Gasteiger partial charge is 0.497 e. The number of aliphatic imine (C=N–C) groups is 1. The first kappa shape index (κ1) is 19.3. The molecule has 0 saturated heterocycles.